The molecule has 3 heterocycles. The van der Waals surface area contributed by atoms with Crippen molar-refractivity contribution in [2.45, 2.75) is 12.3 Å². The van der Waals surface area contributed by atoms with Crippen molar-refractivity contribution >= 4 is 28.9 Å². The van der Waals surface area contributed by atoms with Gasteiger partial charge in [0.05, 0.1) is 37.2 Å². The Labute approximate surface area is 217 Å². The number of methoxy groups -OCH3 is 2. The van der Waals surface area contributed by atoms with Gasteiger partial charge in [-0.15, -0.1) is 0 Å². The molecule has 192 valence electrons. The number of ether oxygens (including phenoxy) is 4. The first-order chi connectivity index (χ1) is 18.3. The topological polar surface area (TPSA) is 98.0 Å². The van der Waals surface area contributed by atoms with E-state index < -0.39 is 5.92 Å². The molecule has 0 radical (unpaired) electrons. The van der Waals surface area contributed by atoms with Crippen LogP contribution in [0.15, 0.2) is 59.1 Å². The molecule has 0 aliphatic carbocycles. The predicted molar refractivity (Wildman–Crippen MR) is 139 cm³/mol. The van der Waals surface area contributed by atoms with E-state index in [1.807, 2.05) is 18.2 Å². The minimum Gasteiger partial charge on any atom is -0.493 e. The molecule has 0 saturated heterocycles. The van der Waals surface area contributed by atoms with Gasteiger partial charge >= 0.3 is 11.7 Å². The number of nitrogens with zero attached hydrogens (tertiary/aromatic N) is 2. The van der Waals surface area contributed by atoms with Gasteiger partial charge < -0.3 is 18.9 Å². The standard InChI is InChI=1S/C29H24N2O7/c1-30-19-10-8-15(12-20(19)31(2)29(30)34)18-14-24(32)37-21-11-9-17-26(33)23(38-28(17)25(18)21)13-16-6-5-7-22(35-3)27(16)36-4/h5-13,18H,14H2,1-4H3/b23-13-/t18-/m0/s1. The Morgan fingerprint density at radius 3 is 2.47 bits per heavy atom. The second-order valence-electron chi connectivity index (χ2n) is 9.26. The van der Waals surface area contributed by atoms with Gasteiger partial charge in [-0.2, -0.15) is 0 Å². The maximum absolute atomic E-state index is 13.4. The molecule has 9 heteroatoms. The third-order valence-electron chi connectivity index (χ3n) is 7.20. The lowest BCUT2D eigenvalue weighted by Gasteiger charge is -2.26. The average molecular weight is 513 g/mol. The van der Waals surface area contributed by atoms with Crippen LogP contribution in [0.5, 0.6) is 23.0 Å². The molecule has 1 atom stereocenters. The highest BCUT2D eigenvalue weighted by Gasteiger charge is 2.38. The van der Waals surface area contributed by atoms with Crippen molar-refractivity contribution in [3.05, 3.63) is 87.0 Å². The lowest BCUT2D eigenvalue weighted by atomic mass is 9.84. The Morgan fingerprint density at radius 2 is 1.71 bits per heavy atom. The molecule has 1 aromatic heterocycles. The molecule has 0 saturated carbocycles. The highest BCUT2D eigenvalue weighted by atomic mass is 16.5. The van der Waals surface area contributed by atoms with Crippen molar-refractivity contribution in [2.75, 3.05) is 14.2 Å². The Balaban J connectivity index is 1.48. The summed E-state index contributed by atoms with van der Waals surface area (Å²) in [5.41, 5.74) is 3.82. The number of imidazole rings is 1. The SMILES string of the molecule is COc1cccc(/C=C2\Oc3c(ccc4c3[C@H](c3ccc5c(c3)n(C)c(=O)n5C)CC(=O)O4)C2=O)c1OC. The van der Waals surface area contributed by atoms with Crippen molar-refractivity contribution in [1.82, 2.24) is 9.13 Å². The smallest absolute Gasteiger partial charge is 0.328 e. The Hall–Kier alpha value is -4.79. The van der Waals surface area contributed by atoms with E-state index in [9.17, 15) is 14.4 Å². The van der Waals surface area contributed by atoms with Crippen LogP contribution in [0, 0.1) is 0 Å². The first-order valence-electron chi connectivity index (χ1n) is 12.0. The monoisotopic (exact) mass is 512 g/mol. The Kier molecular flexibility index (Phi) is 5.37. The van der Waals surface area contributed by atoms with Crippen LogP contribution in [0.25, 0.3) is 17.1 Å². The molecule has 2 aliphatic rings. The summed E-state index contributed by atoms with van der Waals surface area (Å²) in [5.74, 6) is 0.733. The highest BCUT2D eigenvalue weighted by Crippen LogP contribution is 2.49. The van der Waals surface area contributed by atoms with Crippen LogP contribution in [-0.2, 0) is 18.9 Å². The number of hydrogen-bond acceptors (Lipinski definition) is 7. The summed E-state index contributed by atoms with van der Waals surface area (Å²) in [6.45, 7) is 0. The second kappa shape index (κ2) is 8.65. The minimum absolute atomic E-state index is 0.0655. The van der Waals surface area contributed by atoms with Crippen LogP contribution in [0.3, 0.4) is 0 Å². The first kappa shape index (κ1) is 23.6. The molecule has 2 aliphatic heterocycles. The van der Waals surface area contributed by atoms with Gasteiger partial charge in [0, 0.05) is 31.1 Å². The second-order valence-corrected chi connectivity index (χ2v) is 9.26. The van der Waals surface area contributed by atoms with Gasteiger partial charge in [-0.25, -0.2) is 4.79 Å². The zero-order valence-electron chi connectivity index (χ0n) is 21.2. The molecule has 0 bridgehead atoms. The highest BCUT2D eigenvalue weighted by molar-refractivity contribution is 6.15. The maximum atomic E-state index is 13.4. The summed E-state index contributed by atoms with van der Waals surface area (Å²) >= 11 is 0. The number of aryl methyl sites for hydroxylation is 2. The molecule has 0 unspecified atom stereocenters. The summed E-state index contributed by atoms with van der Waals surface area (Å²) in [6.07, 6.45) is 1.68. The van der Waals surface area contributed by atoms with E-state index in [4.69, 9.17) is 18.9 Å². The molecule has 9 nitrogen and oxygen atoms in total. The number of fused-ring (bicyclic) bond motifs is 4. The van der Waals surface area contributed by atoms with Gasteiger partial charge in [-0.05, 0) is 42.0 Å². The molecule has 6 rings (SSSR count). The van der Waals surface area contributed by atoms with Gasteiger partial charge in [-0.1, -0.05) is 18.2 Å². The number of carbonyl (C=O) groups is 2. The van der Waals surface area contributed by atoms with Gasteiger partial charge in [0.25, 0.3) is 0 Å². The van der Waals surface area contributed by atoms with E-state index in [1.165, 1.54) is 7.11 Å². The molecule has 0 amide bonds. The van der Waals surface area contributed by atoms with Crippen LogP contribution in [-0.4, -0.2) is 35.1 Å². The number of para-hydroxylation sites is 1. The maximum Gasteiger partial charge on any atom is 0.328 e. The van der Waals surface area contributed by atoms with E-state index in [0.717, 1.165) is 16.6 Å². The van der Waals surface area contributed by atoms with E-state index in [0.29, 0.717) is 39.7 Å². The number of hydrogen-bond donors (Lipinski definition) is 0. The van der Waals surface area contributed by atoms with Crippen LogP contribution >= 0.6 is 0 Å². The van der Waals surface area contributed by atoms with Crippen molar-refractivity contribution in [3.63, 3.8) is 0 Å². The average Bonchev–Trinajstić information content (AvgIpc) is 3.35. The van der Waals surface area contributed by atoms with Crippen molar-refractivity contribution < 1.29 is 28.5 Å². The van der Waals surface area contributed by atoms with Gasteiger partial charge in [0.15, 0.2) is 17.3 Å². The lowest BCUT2D eigenvalue weighted by Crippen LogP contribution is -2.21. The molecule has 4 aromatic rings. The van der Waals surface area contributed by atoms with Crippen LogP contribution < -0.4 is 24.6 Å². The number of benzene rings is 3. The van der Waals surface area contributed by atoms with E-state index in [2.05, 4.69) is 0 Å². The largest absolute Gasteiger partial charge is 0.493 e. The summed E-state index contributed by atoms with van der Waals surface area (Å²) < 4.78 is 25.8. The van der Waals surface area contributed by atoms with E-state index >= 15 is 0 Å². The van der Waals surface area contributed by atoms with Gasteiger partial charge in [0.2, 0.25) is 5.78 Å². The minimum atomic E-state index is -0.431. The molecular formula is C29H24N2O7. The number of allylic oxidation sites excluding steroid dienone is 1. The quantitative estimate of drug-likeness (QED) is 0.232. The normalized spacial score (nSPS) is 17.3. The van der Waals surface area contributed by atoms with Crippen molar-refractivity contribution in [1.29, 1.82) is 0 Å². The van der Waals surface area contributed by atoms with Gasteiger partial charge in [-0.3, -0.25) is 18.7 Å². The number of rotatable bonds is 4. The van der Waals surface area contributed by atoms with Crippen LogP contribution in [0.1, 0.15) is 39.4 Å². The van der Waals surface area contributed by atoms with Crippen molar-refractivity contribution in [3.8, 4) is 23.0 Å². The predicted octanol–water partition coefficient (Wildman–Crippen LogP) is 3.95. The molecule has 0 N–H and O–H groups in total. The fourth-order valence-corrected chi connectivity index (χ4v) is 5.30. The number of carbonyl (C=O) groups excluding carboxylic acids is 2. The Morgan fingerprint density at radius 1 is 0.921 bits per heavy atom. The number of esters is 1. The van der Waals surface area contributed by atoms with E-state index in [1.54, 1.807) is 66.7 Å². The molecule has 0 spiro atoms. The summed E-state index contributed by atoms with van der Waals surface area (Å²) in [6, 6.07) is 14.3. The summed E-state index contributed by atoms with van der Waals surface area (Å²) in [4.78, 5) is 38.4. The number of aromatic nitrogens is 2. The van der Waals surface area contributed by atoms with Crippen LogP contribution in [0.2, 0.25) is 0 Å². The van der Waals surface area contributed by atoms with Gasteiger partial charge in [0.1, 0.15) is 11.5 Å². The van der Waals surface area contributed by atoms with E-state index in [-0.39, 0.29) is 29.6 Å². The molecule has 38 heavy (non-hydrogen) atoms. The number of Topliss-reactive ketones (excluding diaryl/α,β-unsaturated/α-hetero) is 1. The third-order valence-corrected chi connectivity index (χ3v) is 7.20. The summed E-state index contributed by atoms with van der Waals surface area (Å²) in [5, 5.41) is 0. The third kappa shape index (κ3) is 3.42. The molecular weight excluding hydrogens is 488 g/mol. The molecule has 3 aromatic carbocycles. The zero-order chi connectivity index (χ0) is 26.7. The first-order valence-corrected chi connectivity index (χ1v) is 12.0. The fraction of sp³-hybridized carbons (Fsp3) is 0.207. The molecule has 0 fully saturated rings. The van der Waals surface area contributed by atoms with Crippen LogP contribution in [0.4, 0.5) is 0 Å². The zero-order valence-corrected chi connectivity index (χ0v) is 21.2. The Bertz CT molecular complexity index is 1760. The summed E-state index contributed by atoms with van der Waals surface area (Å²) in [7, 11) is 6.50. The lowest BCUT2D eigenvalue weighted by molar-refractivity contribution is -0.135. The van der Waals surface area contributed by atoms with Crippen molar-refractivity contribution in [2.24, 2.45) is 14.1 Å². The number of ketones is 1. The fourth-order valence-electron chi connectivity index (χ4n) is 5.30.